The highest BCUT2D eigenvalue weighted by Gasteiger charge is 2.40. The smallest absolute Gasteiger partial charge is 0.352 e. The summed E-state index contributed by atoms with van der Waals surface area (Å²) in [7, 11) is 2.05. The zero-order valence-electron chi connectivity index (χ0n) is 8.94. The van der Waals surface area contributed by atoms with E-state index in [1.807, 2.05) is 0 Å². The molecule has 7 heteroatoms. The maximum absolute atomic E-state index is 13.4. The van der Waals surface area contributed by atoms with Gasteiger partial charge in [0.15, 0.2) is 6.29 Å². The van der Waals surface area contributed by atoms with Crippen molar-refractivity contribution in [1.29, 1.82) is 0 Å². The molecule has 0 aliphatic rings. The lowest BCUT2D eigenvalue weighted by Crippen LogP contribution is -2.18. The molecule has 0 radical (unpaired) electrons. The molecule has 1 aromatic rings. The topological polar surface area (TPSA) is 18.5 Å². The molecule has 0 saturated carbocycles. The minimum atomic E-state index is -5.03. The van der Waals surface area contributed by atoms with E-state index in [0.717, 1.165) is 14.2 Å². The Labute approximate surface area is 93.9 Å². The maximum Gasteiger partial charge on any atom is 0.419 e. The van der Waals surface area contributed by atoms with Crippen molar-refractivity contribution < 1.29 is 31.4 Å². The average molecular weight is 256 g/mol. The summed E-state index contributed by atoms with van der Waals surface area (Å²) in [5.41, 5.74) is -2.71. The molecule has 0 fully saturated rings. The van der Waals surface area contributed by atoms with Crippen LogP contribution in [0.15, 0.2) is 12.1 Å². The Balaban J connectivity index is 3.50. The minimum Gasteiger partial charge on any atom is -0.352 e. The van der Waals surface area contributed by atoms with E-state index >= 15 is 0 Å². The van der Waals surface area contributed by atoms with Gasteiger partial charge in [-0.05, 0) is 12.1 Å². The predicted molar refractivity (Wildman–Crippen MR) is 48.1 cm³/mol. The van der Waals surface area contributed by atoms with Gasteiger partial charge in [0.05, 0.1) is 5.56 Å². The van der Waals surface area contributed by atoms with Gasteiger partial charge < -0.3 is 9.47 Å². The van der Waals surface area contributed by atoms with Gasteiger partial charge in [-0.25, -0.2) is 8.78 Å². The normalized spacial score (nSPS) is 12.2. The predicted octanol–water partition coefficient (Wildman–Crippen LogP) is 3.28. The summed E-state index contributed by atoms with van der Waals surface area (Å²) in [5.74, 6) is -2.82. The Morgan fingerprint density at radius 1 is 1.00 bits per heavy atom. The van der Waals surface area contributed by atoms with Gasteiger partial charge in [0.25, 0.3) is 0 Å². The molecule has 96 valence electrons. The lowest BCUT2D eigenvalue weighted by molar-refractivity contribution is -0.150. The standard InChI is InChI=1S/C10H9F5O2/c1-16-9(17-2)7-5(11)3-4-6(12)8(7)10(13,14)15/h3-4,9H,1-2H3. The highest BCUT2D eigenvalue weighted by atomic mass is 19.4. The van der Waals surface area contributed by atoms with Crippen LogP contribution in [0.3, 0.4) is 0 Å². The van der Waals surface area contributed by atoms with Crippen LogP contribution in [0.5, 0.6) is 0 Å². The van der Waals surface area contributed by atoms with Crippen LogP contribution in [-0.4, -0.2) is 14.2 Å². The Bertz CT molecular complexity index is 398. The van der Waals surface area contributed by atoms with Crippen LogP contribution in [0.25, 0.3) is 0 Å². The number of methoxy groups -OCH3 is 2. The van der Waals surface area contributed by atoms with Gasteiger partial charge in [0.1, 0.15) is 17.2 Å². The van der Waals surface area contributed by atoms with Crippen molar-refractivity contribution in [1.82, 2.24) is 0 Å². The molecule has 0 N–H and O–H groups in total. The molecule has 0 spiro atoms. The molecule has 0 bridgehead atoms. The highest BCUT2D eigenvalue weighted by Crippen LogP contribution is 2.38. The fourth-order valence-corrected chi connectivity index (χ4v) is 1.42. The number of alkyl halides is 3. The summed E-state index contributed by atoms with van der Waals surface area (Å²) in [6, 6.07) is 0.995. The Kier molecular flexibility index (Phi) is 4.05. The molecule has 0 aliphatic heterocycles. The van der Waals surface area contributed by atoms with Gasteiger partial charge in [-0.3, -0.25) is 0 Å². The van der Waals surface area contributed by atoms with Crippen molar-refractivity contribution in [2.75, 3.05) is 14.2 Å². The third-order valence-electron chi connectivity index (χ3n) is 2.09. The van der Waals surface area contributed by atoms with E-state index in [0.29, 0.717) is 12.1 Å². The summed E-state index contributed by atoms with van der Waals surface area (Å²) in [4.78, 5) is 0. The maximum atomic E-state index is 13.4. The van der Waals surface area contributed by atoms with Crippen molar-refractivity contribution in [3.8, 4) is 0 Å². The summed E-state index contributed by atoms with van der Waals surface area (Å²) >= 11 is 0. The molecule has 0 amide bonds. The van der Waals surface area contributed by atoms with Gasteiger partial charge in [-0.15, -0.1) is 0 Å². The number of hydrogen-bond acceptors (Lipinski definition) is 2. The third kappa shape index (κ3) is 2.73. The van der Waals surface area contributed by atoms with Crippen molar-refractivity contribution in [2.24, 2.45) is 0 Å². The van der Waals surface area contributed by atoms with Gasteiger partial charge >= 0.3 is 6.18 Å². The first-order chi connectivity index (χ1) is 7.82. The van der Waals surface area contributed by atoms with E-state index < -0.39 is 35.2 Å². The average Bonchev–Trinajstić information content (AvgIpc) is 2.23. The van der Waals surface area contributed by atoms with E-state index in [2.05, 4.69) is 9.47 Å². The quantitative estimate of drug-likeness (QED) is 0.610. The first-order valence-electron chi connectivity index (χ1n) is 4.43. The Hall–Kier alpha value is -1.21. The number of rotatable bonds is 3. The second-order valence-corrected chi connectivity index (χ2v) is 3.12. The fourth-order valence-electron chi connectivity index (χ4n) is 1.42. The van der Waals surface area contributed by atoms with Gasteiger partial charge in [0, 0.05) is 14.2 Å². The van der Waals surface area contributed by atoms with E-state index in [-0.39, 0.29) is 0 Å². The van der Waals surface area contributed by atoms with Crippen LogP contribution in [0.1, 0.15) is 17.4 Å². The number of benzene rings is 1. The number of ether oxygens (including phenoxy) is 2. The molecule has 1 aromatic carbocycles. The van der Waals surface area contributed by atoms with Crippen molar-refractivity contribution in [3.63, 3.8) is 0 Å². The first-order valence-corrected chi connectivity index (χ1v) is 4.43. The van der Waals surface area contributed by atoms with Gasteiger partial charge in [0.2, 0.25) is 0 Å². The Morgan fingerprint density at radius 3 is 1.88 bits per heavy atom. The van der Waals surface area contributed by atoms with Crippen LogP contribution in [0.4, 0.5) is 22.0 Å². The third-order valence-corrected chi connectivity index (χ3v) is 2.09. The fraction of sp³-hybridized carbons (Fsp3) is 0.400. The Morgan fingerprint density at radius 2 is 1.47 bits per heavy atom. The molecule has 0 atom stereocenters. The molecule has 0 aliphatic carbocycles. The molecule has 0 heterocycles. The number of halogens is 5. The summed E-state index contributed by atoms with van der Waals surface area (Å²) in [5, 5.41) is 0. The molecule has 2 nitrogen and oxygen atoms in total. The minimum absolute atomic E-state index is 0.407. The molecule has 0 saturated heterocycles. The van der Waals surface area contributed by atoms with Crippen LogP contribution in [-0.2, 0) is 15.7 Å². The monoisotopic (exact) mass is 256 g/mol. The second kappa shape index (κ2) is 4.97. The highest BCUT2D eigenvalue weighted by molar-refractivity contribution is 5.33. The number of hydrogen-bond donors (Lipinski definition) is 0. The first kappa shape index (κ1) is 13.9. The van der Waals surface area contributed by atoms with Crippen molar-refractivity contribution in [3.05, 3.63) is 34.9 Å². The lowest BCUT2D eigenvalue weighted by atomic mass is 10.0. The van der Waals surface area contributed by atoms with Gasteiger partial charge in [-0.1, -0.05) is 0 Å². The van der Waals surface area contributed by atoms with E-state index in [1.54, 1.807) is 0 Å². The zero-order chi connectivity index (χ0) is 13.2. The SMILES string of the molecule is COC(OC)c1c(F)ccc(F)c1C(F)(F)F. The molecule has 0 aromatic heterocycles. The van der Waals surface area contributed by atoms with E-state index in [4.69, 9.17) is 0 Å². The van der Waals surface area contributed by atoms with Crippen LogP contribution in [0, 0.1) is 11.6 Å². The van der Waals surface area contributed by atoms with Crippen LogP contribution >= 0.6 is 0 Å². The van der Waals surface area contributed by atoms with E-state index in [9.17, 15) is 22.0 Å². The van der Waals surface area contributed by atoms with Gasteiger partial charge in [-0.2, -0.15) is 13.2 Å². The summed E-state index contributed by atoms with van der Waals surface area (Å²) in [6.45, 7) is 0. The van der Waals surface area contributed by atoms with E-state index in [1.165, 1.54) is 0 Å². The molecule has 1 rings (SSSR count). The summed E-state index contributed by atoms with van der Waals surface area (Å²) in [6.07, 6.45) is -6.65. The lowest BCUT2D eigenvalue weighted by Gasteiger charge is -2.20. The molecule has 17 heavy (non-hydrogen) atoms. The van der Waals surface area contributed by atoms with Crippen molar-refractivity contribution in [2.45, 2.75) is 12.5 Å². The van der Waals surface area contributed by atoms with Crippen molar-refractivity contribution >= 4 is 0 Å². The molecule has 0 unspecified atom stereocenters. The molecular weight excluding hydrogens is 247 g/mol. The largest absolute Gasteiger partial charge is 0.419 e. The zero-order valence-corrected chi connectivity index (χ0v) is 8.94. The molecular formula is C10H9F5O2. The second-order valence-electron chi connectivity index (χ2n) is 3.12. The summed E-state index contributed by atoms with van der Waals surface area (Å²) < 4.78 is 73.4. The van der Waals surface area contributed by atoms with Crippen LogP contribution in [0.2, 0.25) is 0 Å². The van der Waals surface area contributed by atoms with Crippen LogP contribution < -0.4 is 0 Å².